The Morgan fingerprint density at radius 3 is 3.05 bits per heavy atom. The van der Waals surface area contributed by atoms with Gasteiger partial charge in [-0.1, -0.05) is 6.92 Å². The molecule has 1 aromatic rings. The molecule has 1 aliphatic rings. The first-order chi connectivity index (χ1) is 9.76. The second-order valence-corrected chi connectivity index (χ2v) is 5.55. The number of aryl methyl sites for hydroxylation is 1. The minimum Gasteiger partial charge on any atom is -0.383 e. The summed E-state index contributed by atoms with van der Waals surface area (Å²) < 4.78 is 5.03. The Morgan fingerprint density at radius 2 is 2.35 bits per heavy atom. The first kappa shape index (κ1) is 15.3. The Balaban J connectivity index is 1.98. The minimum absolute atomic E-state index is 0.673. The second kappa shape index (κ2) is 7.60. The van der Waals surface area contributed by atoms with Crippen LogP contribution in [0.5, 0.6) is 0 Å². The highest BCUT2D eigenvalue weighted by Gasteiger charge is 2.25. The van der Waals surface area contributed by atoms with Crippen molar-refractivity contribution in [1.29, 1.82) is 0 Å². The molecule has 2 heterocycles. The summed E-state index contributed by atoms with van der Waals surface area (Å²) in [6.45, 7) is 8.07. The van der Waals surface area contributed by atoms with Gasteiger partial charge in [-0.05, 0) is 43.4 Å². The fourth-order valence-electron chi connectivity index (χ4n) is 2.97. The number of pyridine rings is 1. The third-order valence-electron chi connectivity index (χ3n) is 4.04. The Kier molecular flexibility index (Phi) is 5.80. The van der Waals surface area contributed by atoms with Gasteiger partial charge in [-0.15, -0.1) is 0 Å². The Hall–Kier alpha value is -1.13. The van der Waals surface area contributed by atoms with Crippen molar-refractivity contribution < 1.29 is 4.74 Å². The molecule has 1 aliphatic heterocycles. The monoisotopic (exact) mass is 277 g/mol. The molecule has 1 unspecified atom stereocenters. The molecule has 0 aromatic carbocycles. The SMILES string of the molecule is CCC1CCCN1c1ncc(CNCCOC)cc1C. The summed E-state index contributed by atoms with van der Waals surface area (Å²) in [5, 5.41) is 3.36. The van der Waals surface area contributed by atoms with Crippen LogP contribution in [0.3, 0.4) is 0 Å². The molecule has 1 saturated heterocycles. The molecule has 0 amide bonds. The lowest BCUT2D eigenvalue weighted by molar-refractivity contribution is 0.199. The lowest BCUT2D eigenvalue weighted by Crippen LogP contribution is -2.30. The molecule has 0 spiro atoms. The molecule has 1 fully saturated rings. The van der Waals surface area contributed by atoms with Crippen LogP contribution in [0.2, 0.25) is 0 Å². The zero-order chi connectivity index (χ0) is 14.4. The number of hydrogen-bond donors (Lipinski definition) is 1. The Morgan fingerprint density at radius 1 is 1.50 bits per heavy atom. The maximum Gasteiger partial charge on any atom is 0.131 e. The number of hydrogen-bond acceptors (Lipinski definition) is 4. The van der Waals surface area contributed by atoms with E-state index in [1.165, 1.54) is 36.2 Å². The zero-order valence-corrected chi connectivity index (χ0v) is 13.0. The summed E-state index contributed by atoms with van der Waals surface area (Å²) in [7, 11) is 1.72. The van der Waals surface area contributed by atoms with Gasteiger partial charge in [0.1, 0.15) is 5.82 Å². The summed E-state index contributed by atoms with van der Waals surface area (Å²) in [4.78, 5) is 7.20. The van der Waals surface area contributed by atoms with Gasteiger partial charge in [0, 0.05) is 39.0 Å². The van der Waals surface area contributed by atoms with E-state index in [2.05, 4.69) is 30.1 Å². The van der Waals surface area contributed by atoms with Crippen molar-refractivity contribution >= 4 is 5.82 Å². The highest BCUT2D eigenvalue weighted by atomic mass is 16.5. The molecule has 112 valence electrons. The minimum atomic E-state index is 0.673. The molecular formula is C16H27N3O. The van der Waals surface area contributed by atoms with E-state index < -0.39 is 0 Å². The lowest BCUT2D eigenvalue weighted by Gasteiger charge is -2.26. The number of rotatable bonds is 7. The molecule has 0 radical (unpaired) electrons. The predicted octanol–water partition coefficient (Wildman–Crippen LogP) is 2.50. The van der Waals surface area contributed by atoms with Crippen LogP contribution in [0.4, 0.5) is 5.82 Å². The average molecular weight is 277 g/mol. The van der Waals surface area contributed by atoms with E-state index >= 15 is 0 Å². The van der Waals surface area contributed by atoms with Crippen LogP contribution in [0.25, 0.3) is 0 Å². The summed E-state index contributed by atoms with van der Waals surface area (Å²) in [5.41, 5.74) is 2.53. The number of nitrogens with one attached hydrogen (secondary N) is 1. The van der Waals surface area contributed by atoms with Crippen molar-refractivity contribution in [1.82, 2.24) is 10.3 Å². The Labute approximate surface area is 122 Å². The van der Waals surface area contributed by atoms with Gasteiger partial charge in [-0.2, -0.15) is 0 Å². The molecule has 1 N–H and O–H groups in total. The third-order valence-corrected chi connectivity index (χ3v) is 4.04. The van der Waals surface area contributed by atoms with Crippen LogP contribution in [0.15, 0.2) is 12.3 Å². The summed E-state index contributed by atoms with van der Waals surface area (Å²) in [6, 6.07) is 2.93. The first-order valence-electron chi connectivity index (χ1n) is 7.68. The molecule has 4 heteroatoms. The molecule has 20 heavy (non-hydrogen) atoms. The van der Waals surface area contributed by atoms with E-state index in [-0.39, 0.29) is 0 Å². The van der Waals surface area contributed by atoms with Crippen LogP contribution >= 0.6 is 0 Å². The fourth-order valence-corrected chi connectivity index (χ4v) is 2.97. The van der Waals surface area contributed by atoms with Crippen LogP contribution in [0, 0.1) is 6.92 Å². The molecule has 4 nitrogen and oxygen atoms in total. The van der Waals surface area contributed by atoms with Crippen molar-refractivity contribution in [2.75, 3.05) is 31.7 Å². The van der Waals surface area contributed by atoms with E-state index in [9.17, 15) is 0 Å². The smallest absolute Gasteiger partial charge is 0.131 e. The average Bonchev–Trinajstić information content (AvgIpc) is 2.92. The van der Waals surface area contributed by atoms with E-state index in [0.717, 1.165) is 26.2 Å². The van der Waals surface area contributed by atoms with Gasteiger partial charge >= 0.3 is 0 Å². The van der Waals surface area contributed by atoms with Crippen LogP contribution < -0.4 is 10.2 Å². The topological polar surface area (TPSA) is 37.4 Å². The van der Waals surface area contributed by atoms with E-state index in [4.69, 9.17) is 9.72 Å². The van der Waals surface area contributed by atoms with Crippen molar-refractivity contribution in [3.8, 4) is 0 Å². The van der Waals surface area contributed by atoms with Crippen molar-refractivity contribution in [3.63, 3.8) is 0 Å². The van der Waals surface area contributed by atoms with Gasteiger partial charge in [0.05, 0.1) is 6.61 Å². The predicted molar refractivity (Wildman–Crippen MR) is 83.2 cm³/mol. The highest BCUT2D eigenvalue weighted by Crippen LogP contribution is 2.28. The number of ether oxygens (including phenoxy) is 1. The number of methoxy groups -OCH3 is 1. The van der Waals surface area contributed by atoms with Gasteiger partial charge in [-0.25, -0.2) is 4.98 Å². The first-order valence-corrected chi connectivity index (χ1v) is 7.68. The van der Waals surface area contributed by atoms with Crippen molar-refractivity contribution in [3.05, 3.63) is 23.4 Å². The largest absolute Gasteiger partial charge is 0.383 e. The molecule has 2 rings (SSSR count). The molecule has 1 atom stereocenters. The Bertz CT molecular complexity index is 422. The van der Waals surface area contributed by atoms with Gasteiger partial charge in [0.25, 0.3) is 0 Å². The molecule has 0 aliphatic carbocycles. The summed E-state index contributed by atoms with van der Waals surface area (Å²) in [5.74, 6) is 1.18. The van der Waals surface area contributed by atoms with Gasteiger partial charge < -0.3 is 15.0 Å². The second-order valence-electron chi connectivity index (χ2n) is 5.55. The fraction of sp³-hybridized carbons (Fsp3) is 0.688. The maximum absolute atomic E-state index is 5.03. The molecular weight excluding hydrogens is 250 g/mol. The molecule has 0 saturated carbocycles. The van der Waals surface area contributed by atoms with Crippen molar-refractivity contribution in [2.24, 2.45) is 0 Å². The van der Waals surface area contributed by atoms with Gasteiger partial charge in [0.2, 0.25) is 0 Å². The normalized spacial score (nSPS) is 18.8. The third kappa shape index (κ3) is 3.70. The van der Waals surface area contributed by atoms with E-state index in [1.54, 1.807) is 7.11 Å². The molecule has 0 bridgehead atoms. The van der Waals surface area contributed by atoms with Gasteiger partial charge in [0.15, 0.2) is 0 Å². The highest BCUT2D eigenvalue weighted by molar-refractivity contribution is 5.49. The number of anilines is 1. The summed E-state index contributed by atoms with van der Waals surface area (Å²) >= 11 is 0. The number of aromatic nitrogens is 1. The van der Waals surface area contributed by atoms with Gasteiger partial charge in [-0.3, -0.25) is 0 Å². The maximum atomic E-state index is 5.03. The number of nitrogens with zero attached hydrogens (tertiary/aromatic N) is 2. The van der Waals surface area contributed by atoms with Crippen LogP contribution in [-0.2, 0) is 11.3 Å². The van der Waals surface area contributed by atoms with E-state index in [1.807, 2.05) is 6.20 Å². The van der Waals surface area contributed by atoms with E-state index in [0.29, 0.717) is 6.04 Å². The zero-order valence-electron chi connectivity index (χ0n) is 13.0. The van der Waals surface area contributed by atoms with Crippen LogP contribution in [-0.4, -0.2) is 37.8 Å². The quantitative estimate of drug-likeness (QED) is 0.777. The van der Waals surface area contributed by atoms with Crippen molar-refractivity contribution in [2.45, 2.75) is 45.7 Å². The van der Waals surface area contributed by atoms with Crippen LogP contribution in [0.1, 0.15) is 37.3 Å². The molecule has 1 aromatic heterocycles. The summed E-state index contributed by atoms with van der Waals surface area (Å²) in [6.07, 6.45) is 5.81. The standard InChI is InChI=1S/C16H27N3O/c1-4-15-6-5-8-19(15)16-13(2)10-14(12-18-16)11-17-7-9-20-3/h10,12,15,17H,4-9,11H2,1-3H3. The lowest BCUT2D eigenvalue weighted by atomic mass is 10.1.